The molecule has 3 aromatic rings. The van der Waals surface area contributed by atoms with Crippen LogP contribution in [0.2, 0.25) is 0 Å². The predicted octanol–water partition coefficient (Wildman–Crippen LogP) is 5.44. The molecule has 0 saturated carbocycles. The van der Waals surface area contributed by atoms with Crippen molar-refractivity contribution in [2.24, 2.45) is 0 Å². The van der Waals surface area contributed by atoms with Crippen LogP contribution >= 0.6 is 0 Å². The van der Waals surface area contributed by atoms with Crippen LogP contribution in [0.5, 0.6) is 0 Å². The molecule has 4 heteroatoms. The van der Waals surface area contributed by atoms with Crippen LogP contribution in [0, 0.1) is 13.8 Å². The Bertz CT molecular complexity index is 1070. The summed E-state index contributed by atoms with van der Waals surface area (Å²) in [4.78, 5) is 12.2. The van der Waals surface area contributed by atoms with Crippen LogP contribution in [0.1, 0.15) is 33.7 Å². The first kappa shape index (κ1) is 19.8. The highest BCUT2D eigenvalue weighted by atomic mass is 16.5. The van der Waals surface area contributed by atoms with Gasteiger partial charge in [-0.15, -0.1) is 0 Å². The van der Waals surface area contributed by atoms with E-state index in [2.05, 4.69) is 35.6 Å². The number of carbonyl (C=O) groups is 1. The number of fused-ring (bicyclic) bond motifs is 3. The Hall–Kier alpha value is -3.53. The largest absolute Gasteiger partial charge is 0.449 e. The molecular weight excluding hydrogens is 372 g/mol. The third-order valence-electron chi connectivity index (χ3n) is 5.66. The summed E-state index contributed by atoms with van der Waals surface area (Å²) in [6.07, 6.45) is 3.50. The zero-order valence-electron chi connectivity index (χ0n) is 17.3. The molecule has 0 radical (unpaired) electrons. The number of anilines is 1. The van der Waals surface area contributed by atoms with Gasteiger partial charge < -0.3 is 15.8 Å². The molecule has 0 spiro atoms. The lowest BCUT2D eigenvalue weighted by Gasteiger charge is -2.14. The van der Waals surface area contributed by atoms with Crippen molar-refractivity contribution in [2.75, 3.05) is 18.9 Å². The Morgan fingerprint density at radius 1 is 1.00 bits per heavy atom. The first-order valence-electron chi connectivity index (χ1n) is 10.2. The van der Waals surface area contributed by atoms with E-state index >= 15 is 0 Å². The second-order valence-electron chi connectivity index (χ2n) is 7.67. The fraction of sp³-hybridized carbons (Fsp3) is 0.192. The predicted molar refractivity (Wildman–Crippen MR) is 122 cm³/mol. The van der Waals surface area contributed by atoms with E-state index in [0.29, 0.717) is 13.2 Å². The van der Waals surface area contributed by atoms with Gasteiger partial charge in [-0.3, -0.25) is 0 Å². The van der Waals surface area contributed by atoms with Gasteiger partial charge in [-0.05, 0) is 64.9 Å². The van der Waals surface area contributed by atoms with Gasteiger partial charge in [0, 0.05) is 18.2 Å². The minimum atomic E-state index is -0.410. The van der Waals surface area contributed by atoms with E-state index in [0.717, 1.165) is 22.4 Å². The van der Waals surface area contributed by atoms with Gasteiger partial charge in [0.15, 0.2) is 0 Å². The average Bonchev–Trinajstić information content (AvgIpc) is 3.07. The molecule has 152 valence electrons. The molecule has 4 nitrogen and oxygen atoms in total. The molecule has 0 unspecified atom stereocenters. The normalized spacial score (nSPS) is 12.6. The molecular formula is C26H26N2O2. The smallest absolute Gasteiger partial charge is 0.407 e. The van der Waals surface area contributed by atoms with Gasteiger partial charge in [0.1, 0.15) is 6.61 Å². The minimum Gasteiger partial charge on any atom is -0.449 e. The van der Waals surface area contributed by atoms with Gasteiger partial charge in [-0.25, -0.2) is 4.79 Å². The topological polar surface area (TPSA) is 64.3 Å². The third kappa shape index (κ3) is 3.94. The second-order valence-corrected chi connectivity index (χ2v) is 7.67. The molecule has 0 aliphatic heterocycles. The first-order valence-corrected chi connectivity index (χ1v) is 10.2. The summed E-state index contributed by atoms with van der Waals surface area (Å²) in [5.74, 6) is 0.0686. The minimum absolute atomic E-state index is 0.0686. The molecule has 1 amide bonds. The Kier molecular flexibility index (Phi) is 5.57. The average molecular weight is 399 g/mol. The Morgan fingerprint density at radius 3 is 2.30 bits per heavy atom. The van der Waals surface area contributed by atoms with Gasteiger partial charge in [-0.1, -0.05) is 60.7 Å². The monoisotopic (exact) mass is 398 g/mol. The van der Waals surface area contributed by atoms with Crippen molar-refractivity contribution in [1.82, 2.24) is 5.32 Å². The number of nitrogens with one attached hydrogen (secondary N) is 1. The number of ether oxygens (including phenoxy) is 1. The van der Waals surface area contributed by atoms with Crippen molar-refractivity contribution in [3.63, 3.8) is 0 Å². The molecule has 0 bridgehead atoms. The van der Waals surface area contributed by atoms with E-state index in [9.17, 15) is 4.79 Å². The van der Waals surface area contributed by atoms with E-state index in [1.807, 2.05) is 56.3 Å². The molecule has 1 aliphatic carbocycles. The van der Waals surface area contributed by atoms with Crippen LogP contribution in [-0.2, 0) is 4.74 Å². The Balaban J connectivity index is 1.34. The molecule has 30 heavy (non-hydrogen) atoms. The van der Waals surface area contributed by atoms with E-state index in [4.69, 9.17) is 10.5 Å². The van der Waals surface area contributed by atoms with Crippen molar-refractivity contribution >= 4 is 17.9 Å². The van der Waals surface area contributed by atoms with Gasteiger partial charge in [0.05, 0.1) is 0 Å². The quantitative estimate of drug-likeness (QED) is 0.563. The van der Waals surface area contributed by atoms with Gasteiger partial charge in [0.2, 0.25) is 0 Å². The Morgan fingerprint density at radius 2 is 1.63 bits per heavy atom. The van der Waals surface area contributed by atoms with E-state index in [1.54, 1.807) is 0 Å². The first-order chi connectivity index (χ1) is 14.5. The molecule has 0 atom stereocenters. The van der Waals surface area contributed by atoms with Gasteiger partial charge in [0.25, 0.3) is 0 Å². The van der Waals surface area contributed by atoms with Gasteiger partial charge in [-0.2, -0.15) is 0 Å². The SMILES string of the molecule is Cc1cc(C=CCNC(=O)OCC2c3ccccc3-c3ccccc32)c(C)cc1N. The fourth-order valence-corrected chi connectivity index (χ4v) is 4.02. The summed E-state index contributed by atoms with van der Waals surface area (Å²) in [6.45, 7) is 4.73. The number of rotatable bonds is 5. The molecule has 1 aliphatic rings. The molecule has 4 rings (SSSR count). The second kappa shape index (κ2) is 8.46. The van der Waals surface area contributed by atoms with Gasteiger partial charge >= 0.3 is 6.09 Å². The maximum atomic E-state index is 12.2. The standard InChI is InChI=1S/C26H26N2O2/c1-17-15-25(27)18(2)14-19(17)8-7-13-28-26(29)30-16-24-22-11-5-3-9-20(22)21-10-4-6-12-23(21)24/h3-12,14-15,24H,13,16,27H2,1-2H3,(H,28,29). The van der Waals surface area contributed by atoms with E-state index in [1.165, 1.54) is 22.3 Å². The third-order valence-corrected chi connectivity index (χ3v) is 5.66. The number of hydrogen-bond acceptors (Lipinski definition) is 3. The van der Waals surface area contributed by atoms with Crippen molar-refractivity contribution in [3.05, 3.63) is 94.6 Å². The van der Waals surface area contributed by atoms with Crippen LogP contribution in [0.25, 0.3) is 17.2 Å². The summed E-state index contributed by atoms with van der Waals surface area (Å²) in [6, 6.07) is 20.6. The summed E-state index contributed by atoms with van der Waals surface area (Å²) < 4.78 is 5.55. The van der Waals surface area contributed by atoms with Crippen LogP contribution in [0.15, 0.2) is 66.7 Å². The van der Waals surface area contributed by atoms with Crippen molar-refractivity contribution in [2.45, 2.75) is 19.8 Å². The van der Waals surface area contributed by atoms with Crippen LogP contribution < -0.4 is 11.1 Å². The Labute approximate surface area is 177 Å². The number of benzene rings is 3. The molecule has 0 heterocycles. The number of alkyl carbamates (subject to hydrolysis) is 1. The zero-order valence-corrected chi connectivity index (χ0v) is 17.3. The highest BCUT2D eigenvalue weighted by Gasteiger charge is 2.28. The highest BCUT2D eigenvalue weighted by molar-refractivity contribution is 5.79. The molecule has 0 saturated heterocycles. The lowest BCUT2D eigenvalue weighted by atomic mass is 9.98. The maximum Gasteiger partial charge on any atom is 0.407 e. The molecule has 3 N–H and O–H groups in total. The molecule has 0 fully saturated rings. The van der Waals surface area contributed by atoms with Crippen LogP contribution in [-0.4, -0.2) is 19.2 Å². The number of aryl methyl sites for hydroxylation is 2. The van der Waals surface area contributed by atoms with E-state index in [-0.39, 0.29) is 5.92 Å². The van der Waals surface area contributed by atoms with Crippen molar-refractivity contribution in [1.29, 1.82) is 0 Å². The van der Waals surface area contributed by atoms with E-state index < -0.39 is 6.09 Å². The molecule has 0 aromatic heterocycles. The van der Waals surface area contributed by atoms with Crippen LogP contribution in [0.4, 0.5) is 10.5 Å². The number of hydrogen-bond donors (Lipinski definition) is 2. The van der Waals surface area contributed by atoms with Crippen molar-refractivity contribution in [3.8, 4) is 11.1 Å². The number of carbonyl (C=O) groups excluding carboxylic acids is 1. The lowest BCUT2D eigenvalue weighted by molar-refractivity contribution is 0.144. The number of nitrogens with two attached hydrogens (primary N) is 1. The van der Waals surface area contributed by atoms with Crippen LogP contribution in [0.3, 0.4) is 0 Å². The summed E-state index contributed by atoms with van der Waals surface area (Å²) in [7, 11) is 0. The highest BCUT2D eigenvalue weighted by Crippen LogP contribution is 2.44. The van der Waals surface area contributed by atoms with Crippen molar-refractivity contribution < 1.29 is 9.53 Å². The molecule has 3 aromatic carbocycles. The summed E-state index contributed by atoms with van der Waals surface area (Å²) in [5.41, 5.74) is 14.8. The maximum absolute atomic E-state index is 12.2. The summed E-state index contributed by atoms with van der Waals surface area (Å²) >= 11 is 0. The number of nitrogen functional groups attached to an aromatic ring is 1. The lowest BCUT2D eigenvalue weighted by Crippen LogP contribution is -2.26. The zero-order chi connectivity index (χ0) is 21.1. The number of amides is 1. The summed E-state index contributed by atoms with van der Waals surface area (Å²) in [5, 5.41) is 2.80. The fourth-order valence-electron chi connectivity index (χ4n) is 4.02.